The zero-order valence-corrected chi connectivity index (χ0v) is 11.9. The zero-order valence-electron chi connectivity index (χ0n) is 11.9. The third kappa shape index (κ3) is 3.24. The summed E-state index contributed by atoms with van der Waals surface area (Å²) in [5.74, 6) is 1.70. The van der Waals surface area contributed by atoms with E-state index in [1.807, 2.05) is 31.2 Å². The third-order valence-corrected chi connectivity index (χ3v) is 3.08. The Balaban J connectivity index is 2.33. The number of aromatic nitrogens is 2. The van der Waals surface area contributed by atoms with E-state index in [9.17, 15) is 0 Å². The van der Waals surface area contributed by atoms with Crippen molar-refractivity contribution in [2.75, 3.05) is 25.1 Å². The molecule has 0 spiro atoms. The quantitative estimate of drug-likeness (QED) is 0.874. The molecule has 1 aromatic heterocycles. The van der Waals surface area contributed by atoms with Gasteiger partial charge < -0.3 is 15.4 Å². The molecule has 2 N–H and O–H groups in total. The van der Waals surface area contributed by atoms with Gasteiger partial charge in [-0.1, -0.05) is 0 Å². The second-order valence-corrected chi connectivity index (χ2v) is 4.46. The largest absolute Gasteiger partial charge is 0.497 e. The Morgan fingerprint density at radius 2 is 1.85 bits per heavy atom. The second kappa shape index (κ2) is 6.86. The normalized spacial score (nSPS) is 10.3. The number of hydrogen-bond acceptors (Lipinski definition) is 5. The Morgan fingerprint density at radius 1 is 1.15 bits per heavy atom. The maximum atomic E-state index is 5.63. The molecular formula is C15H20N4O. The van der Waals surface area contributed by atoms with Crippen LogP contribution in [0.5, 0.6) is 5.75 Å². The van der Waals surface area contributed by atoms with Gasteiger partial charge >= 0.3 is 0 Å². The SMILES string of the molecule is COc1ccc(N(CCCN)c2nccnc2C)cc1. The standard InChI is InChI=1S/C15H20N4O/c1-12-15(18-10-9-17-12)19(11-3-8-16)13-4-6-14(20-2)7-5-13/h4-7,9-10H,3,8,11,16H2,1-2H3. The molecule has 1 heterocycles. The Hall–Kier alpha value is -2.14. The summed E-state index contributed by atoms with van der Waals surface area (Å²) in [4.78, 5) is 10.9. The lowest BCUT2D eigenvalue weighted by Crippen LogP contribution is -2.23. The lowest BCUT2D eigenvalue weighted by Gasteiger charge is -2.24. The molecule has 0 aliphatic heterocycles. The maximum Gasteiger partial charge on any atom is 0.154 e. The van der Waals surface area contributed by atoms with Crippen LogP contribution in [0.1, 0.15) is 12.1 Å². The van der Waals surface area contributed by atoms with E-state index in [0.717, 1.165) is 35.9 Å². The molecular weight excluding hydrogens is 252 g/mol. The van der Waals surface area contributed by atoms with E-state index in [1.54, 1.807) is 19.5 Å². The Labute approximate surface area is 119 Å². The van der Waals surface area contributed by atoms with Crippen molar-refractivity contribution >= 4 is 11.5 Å². The fourth-order valence-electron chi connectivity index (χ4n) is 2.03. The molecule has 5 nitrogen and oxygen atoms in total. The fraction of sp³-hybridized carbons (Fsp3) is 0.333. The summed E-state index contributed by atoms with van der Waals surface area (Å²) in [6.45, 7) is 3.41. The third-order valence-electron chi connectivity index (χ3n) is 3.08. The van der Waals surface area contributed by atoms with Gasteiger partial charge in [-0.2, -0.15) is 0 Å². The number of aryl methyl sites for hydroxylation is 1. The van der Waals surface area contributed by atoms with Gasteiger partial charge in [0.2, 0.25) is 0 Å². The van der Waals surface area contributed by atoms with Gasteiger partial charge in [-0.15, -0.1) is 0 Å². The first-order valence-corrected chi connectivity index (χ1v) is 6.65. The average Bonchev–Trinajstić information content (AvgIpc) is 2.50. The Morgan fingerprint density at radius 3 is 2.45 bits per heavy atom. The van der Waals surface area contributed by atoms with Gasteiger partial charge in [0.05, 0.1) is 12.8 Å². The first kappa shape index (κ1) is 14.3. The molecule has 1 aromatic carbocycles. The van der Waals surface area contributed by atoms with E-state index in [2.05, 4.69) is 14.9 Å². The van der Waals surface area contributed by atoms with Crippen molar-refractivity contribution in [2.24, 2.45) is 5.73 Å². The van der Waals surface area contributed by atoms with Crippen LogP contribution < -0.4 is 15.4 Å². The van der Waals surface area contributed by atoms with Gasteiger partial charge in [-0.05, 0) is 44.2 Å². The summed E-state index contributed by atoms with van der Waals surface area (Å²) in [5.41, 5.74) is 7.60. The number of hydrogen-bond donors (Lipinski definition) is 1. The highest BCUT2D eigenvalue weighted by Gasteiger charge is 2.13. The fourth-order valence-corrected chi connectivity index (χ4v) is 2.03. The zero-order chi connectivity index (χ0) is 14.4. The first-order chi connectivity index (χ1) is 9.76. The summed E-state index contributed by atoms with van der Waals surface area (Å²) in [7, 11) is 1.66. The van der Waals surface area contributed by atoms with Crippen LogP contribution in [0.4, 0.5) is 11.5 Å². The predicted molar refractivity (Wildman–Crippen MR) is 80.4 cm³/mol. The highest BCUT2D eigenvalue weighted by Crippen LogP contribution is 2.27. The molecule has 2 rings (SSSR count). The van der Waals surface area contributed by atoms with Crippen LogP contribution in [-0.4, -0.2) is 30.2 Å². The number of benzene rings is 1. The van der Waals surface area contributed by atoms with Crippen LogP contribution >= 0.6 is 0 Å². The molecule has 0 fully saturated rings. The summed E-state index contributed by atoms with van der Waals surface area (Å²) in [6, 6.07) is 7.92. The van der Waals surface area contributed by atoms with Gasteiger partial charge in [0, 0.05) is 24.6 Å². The maximum absolute atomic E-state index is 5.63. The van der Waals surface area contributed by atoms with Gasteiger partial charge in [0.25, 0.3) is 0 Å². The number of ether oxygens (including phenoxy) is 1. The van der Waals surface area contributed by atoms with Crippen molar-refractivity contribution in [2.45, 2.75) is 13.3 Å². The van der Waals surface area contributed by atoms with Crippen LogP contribution in [0.3, 0.4) is 0 Å². The molecule has 0 saturated heterocycles. The van der Waals surface area contributed by atoms with E-state index in [0.29, 0.717) is 6.54 Å². The minimum Gasteiger partial charge on any atom is -0.497 e. The summed E-state index contributed by atoms with van der Waals surface area (Å²) < 4.78 is 5.19. The van der Waals surface area contributed by atoms with E-state index >= 15 is 0 Å². The lowest BCUT2D eigenvalue weighted by molar-refractivity contribution is 0.415. The molecule has 0 aliphatic carbocycles. The van der Waals surface area contributed by atoms with E-state index < -0.39 is 0 Å². The number of rotatable bonds is 6. The topological polar surface area (TPSA) is 64.3 Å². The molecule has 0 saturated carbocycles. The van der Waals surface area contributed by atoms with Crippen molar-refractivity contribution in [1.29, 1.82) is 0 Å². The molecule has 0 radical (unpaired) electrons. The Kier molecular flexibility index (Phi) is 4.90. The summed E-state index contributed by atoms with van der Waals surface area (Å²) >= 11 is 0. The van der Waals surface area contributed by atoms with Crippen LogP contribution in [0.25, 0.3) is 0 Å². The molecule has 0 atom stereocenters. The van der Waals surface area contributed by atoms with Crippen molar-refractivity contribution in [3.8, 4) is 5.75 Å². The van der Waals surface area contributed by atoms with Crippen LogP contribution in [0.15, 0.2) is 36.7 Å². The van der Waals surface area contributed by atoms with Crippen molar-refractivity contribution < 1.29 is 4.74 Å². The van der Waals surface area contributed by atoms with Gasteiger partial charge in [-0.25, -0.2) is 4.98 Å². The monoisotopic (exact) mass is 272 g/mol. The van der Waals surface area contributed by atoms with Gasteiger partial charge in [0.15, 0.2) is 5.82 Å². The number of nitrogens with two attached hydrogens (primary N) is 1. The van der Waals surface area contributed by atoms with E-state index in [1.165, 1.54) is 0 Å². The molecule has 0 bridgehead atoms. The minimum atomic E-state index is 0.645. The van der Waals surface area contributed by atoms with Gasteiger partial charge in [-0.3, -0.25) is 4.98 Å². The Bertz CT molecular complexity index is 542. The summed E-state index contributed by atoms with van der Waals surface area (Å²) in [5, 5.41) is 0. The number of methoxy groups -OCH3 is 1. The van der Waals surface area contributed by atoms with Crippen LogP contribution in [0.2, 0.25) is 0 Å². The minimum absolute atomic E-state index is 0.645. The highest BCUT2D eigenvalue weighted by atomic mass is 16.5. The number of nitrogens with zero attached hydrogens (tertiary/aromatic N) is 3. The van der Waals surface area contributed by atoms with E-state index in [-0.39, 0.29) is 0 Å². The van der Waals surface area contributed by atoms with Crippen molar-refractivity contribution in [1.82, 2.24) is 9.97 Å². The van der Waals surface area contributed by atoms with Crippen LogP contribution in [0, 0.1) is 6.92 Å². The van der Waals surface area contributed by atoms with Gasteiger partial charge in [0.1, 0.15) is 5.75 Å². The molecule has 106 valence electrons. The molecule has 2 aromatic rings. The molecule has 0 unspecified atom stereocenters. The smallest absolute Gasteiger partial charge is 0.154 e. The van der Waals surface area contributed by atoms with Crippen LogP contribution in [-0.2, 0) is 0 Å². The van der Waals surface area contributed by atoms with Crippen molar-refractivity contribution in [3.05, 3.63) is 42.4 Å². The van der Waals surface area contributed by atoms with Crippen molar-refractivity contribution in [3.63, 3.8) is 0 Å². The average molecular weight is 272 g/mol. The highest BCUT2D eigenvalue weighted by molar-refractivity contribution is 5.62. The second-order valence-electron chi connectivity index (χ2n) is 4.46. The first-order valence-electron chi connectivity index (χ1n) is 6.65. The van der Waals surface area contributed by atoms with E-state index in [4.69, 9.17) is 10.5 Å². The predicted octanol–water partition coefficient (Wildman–Crippen LogP) is 2.28. The molecule has 5 heteroatoms. The summed E-state index contributed by atoms with van der Waals surface area (Å²) in [6.07, 6.45) is 4.30. The lowest BCUT2D eigenvalue weighted by atomic mass is 10.2. The molecule has 0 amide bonds. The number of anilines is 2. The molecule has 0 aliphatic rings. The molecule has 20 heavy (non-hydrogen) atoms.